The molecule has 0 spiro atoms. The average Bonchev–Trinajstić information content (AvgIpc) is 2.24. The van der Waals surface area contributed by atoms with Gasteiger partial charge in [0.2, 0.25) is 0 Å². The van der Waals surface area contributed by atoms with E-state index < -0.39 is 5.60 Å². The summed E-state index contributed by atoms with van der Waals surface area (Å²) in [5, 5.41) is 12.8. The van der Waals surface area contributed by atoms with E-state index in [1.165, 1.54) is 18.2 Å². The zero-order valence-corrected chi connectivity index (χ0v) is 12.0. The van der Waals surface area contributed by atoms with Gasteiger partial charge in [-0.1, -0.05) is 13.8 Å². The van der Waals surface area contributed by atoms with Gasteiger partial charge in [-0.15, -0.1) is 0 Å². The Morgan fingerprint density at radius 1 is 1.47 bits per heavy atom. The van der Waals surface area contributed by atoms with Crippen LogP contribution in [0.15, 0.2) is 18.2 Å². The highest BCUT2D eigenvalue weighted by molar-refractivity contribution is 5.95. The molecule has 4 heteroatoms. The SMILES string of the molecule is Cc1cc(F)ccc1C(=O)NCC(C)(O)CC(C)C. The second-order valence-corrected chi connectivity index (χ2v) is 5.74. The number of aliphatic hydroxyl groups is 1. The van der Waals surface area contributed by atoms with Gasteiger partial charge in [0.15, 0.2) is 0 Å². The van der Waals surface area contributed by atoms with Crippen molar-refractivity contribution >= 4 is 5.91 Å². The summed E-state index contributed by atoms with van der Waals surface area (Å²) < 4.78 is 13.0. The van der Waals surface area contributed by atoms with E-state index in [9.17, 15) is 14.3 Å². The van der Waals surface area contributed by atoms with Crippen LogP contribution in [0.1, 0.15) is 43.1 Å². The highest BCUT2D eigenvalue weighted by atomic mass is 19.1. The van der Waals surface area contributed by atoms with E-state index >= 15 is 0 Å². The first-order chi connectivity index (χ1) is 8.71. The average molecular weight is 267 g/mol. The molecule has 1 unspecified atom stereocenters. The minimum absolute atomic E-state index is 0.181. The van der Waals surface area contributed by atoms with Gasteiger partial charge in [0.05, 0.1) is 5.60 Å². The van der Waals surface area contributed by atoms with E-state index in [1.54, 1.807) is 13.8 Å². The fraction of sp³-hybridized carbons (Fsp3) is 0.533. The molecule has 0 fully saturated rings. The molecule has 0 aliphatic carbocycles. The third-order valence-corrected chi connectivity index (χ3v) is 2.91. The number of rotatable bonds is 5. The van der Waals surface area contributed by atoms with Crippen LogP contribution in [0, 0.1) is 18.7 Å². The Bertz CT molecular complexity index is 455. The Morgan fingerprint density at radius 2 is 2.11 bits per heavy atom. The Hall–Kier alpha value is -1.42. The Balaban J connectivity index is 2.65. The number of aryl methyl sites for hydroxylation is 1. The molecule has 0 aliphatic heterocycles. The molecule has 1 rings (SSSR count). The van der Waals surface area contributed by atoms with Crippen molar-refractivity contribution in [3.05, 3.63) is 35.1 Å². The molecule has 2 N–H and O–H groups in total. The van der Waals surface area contributed by atoms with E-state index in [0.717, 1.165) is 0 Å². The van der Waals surface area contributed by atoms with Crippen LogP contribution in [0.3, 0.4) is 0 Å². The van der Waals surface area contributed by atoms with Gasteiger partial charge in [-0.25, -0.2) is 4.39 Å². The van der Waals surface area contributed by atoms with Crippen LogP contribution in [0.4, 0.5) is 4.39 Å². The Kier molecular flexibility index (Phi) is 5.06. The first-order valence-electron chi connectivity index (χ1n) is 6.48. The maximum atomic E-state index is 13.0. The summed E-state index contributed by atoms with van der Waals surface area (Å²) in [5.41, 5.74) is 0.0837. The van der Waals surface area contributed by atoms with Crippen LogP contribution < -0.4 is 5.32 Å². The highest BCUT2D eigenvalue weighted by Crippen LogP contribution is 2.16. The fourth-order valence-electron chi connectivity index (χ4n) is 2.20. The molecule has 106 valence electrons. The molecule has 19 heavy (non-hydrogen) atoms. The summed E-state index contributed by atoms with van der Waals surface area (Å²) in [6.07, 6.45) is 0.607. The predicted molar refractivity (Wildman–Crippen MR) is 73.5 cm³/mol. The summed E-state index contributed by atoms with van der Waals surface area (Å²) in [6.45, 7) is 7.59. The lowest BCUT2D eigenvalue weighted by Crippen LogP contribution is -2.41. The largest absolute Gasteiger partial charge is 0.388 e. The maximum Gasteiger partial charge on any atom is 0.251 e. The quantitative estimate of drug-likeness (QED) is 0.861. The number of benzene rings is 1. The summed E-state index contributed by atoms with van der Waals surface area (Å²) in [6, 6.07) is 4.03. The number of hydrogen-bond donors (Lipinski definition) is 2. The maximum absolute atomic E-state index is 13.0. The molecule has 1 atom stereocenters. The van der Waals surface area contributed by atoms with Crippen molar-refractivity contribution in [1.29, 1.82) is 0 Å². The summed E-state index contributed by atoms with van der Waals surface area (Å²) in [5.74, 6) is -0.304. The first-order valence-corrected chi connectivity index (χ1v) is 6.48. The van der Waals surface area contributed by atoms with Crippen molar-refractivity contribution in [1.82, 2.24) is 5.32 Å². The van der Waals surface area contributed by atoms with Crippen molar-refractivity contribution in [3.8, 4) is 0 Å². The smallest absolute Gasteiger partial charge is 0.251 e. The molecule has 1 aromatic carbocycles. The predicted octanol–water partition coefficient (Wildman–Crippen LogP) is 2.66. The third-order valence-electron chi connectivity index (χ3n) is 2.91. The summed E-state index contributed by atoms with van der Waals surface area (Å²) in [7, 11) is 0. The van der Waals surface area contributed by atoms with Gasteiger partial charge < -0.3 is 10.4 Å². The molecule has 0 radical (unpaired) electrons. The van der Waals surface area contributed by atoms with Crippen LogP contribution >= 0.6 is 0 Å². The molecule has 0 saturated carbocycles. The van der Waals surface area contributed by atoms with Crippen molar-refractivity contribution in [2.75, 3.05) is 6.54 Å². The summed E-state index contributed by atoms with van der Waals surface area (Å²) >= 11 is 0. The minimum Gasteiger partial charge on any atom is -0.388 e. The van der Waals surface area contributed by atoms with Crippen molar-refractivity contribution in [3.63, 3.8) is 0 Å². The van der Waals surface area contributed by atoms with Gasteiger partial charge in [0, 0.05) is 12.1 Å². The zero-order valence-electron chi connectivity index (χ0n) is 12.0. The van der Waals surface area contributed by atoms with E-state index in [0.29, 0.717) is 23.5 Å². The molecular formula is C15H22FNO2. The normalized spacial score (nSPS) is 14.3. The topological polar surface area (TPSA) is 49.3 Å². The number of amides is 1. The van der Waals surface area contributed by atoms with Gasteiger partial charge >= 0.3 is 0 Å². The van der Waals surface area contributed by atoms with Gasteiger partial charge in [0.1, 0.15) is 5.82 Å². The van der Waals surface area contributed by atoms with Crippen molar-refractivity contribution in [2.24, 2.45) is 5.92 Å². The fourth-order valence-corrected chi connectivity index (χ4v) is 2.20. The first kappa shape index (κ1) is 15.6. The van der Waals surface area contributed by atoms with E-state index in [1.807, 2.05) is 13.8 Å². The number of nitrogens with one attached hydrogen (secondary N) is 1. The van der Waals surface area contributed by atoms with Gasteiger partial charge in [-0.05, 0) is 49.9 Å². The third kappa shape index (κ3) is 4.99. The van der Waals surface area contributed by atoms with Gasteiger partial charge in [-0.2, -0.15) is 0 Å². The van der Waals surface area contributed by atoms with Crippen LogP contribution in [0.2, 0.25) is 0 Å². The molecule has 0 aliphatic rings. The molecule has 0 bridgehead atoms. The van der Waals surface area contributed by atoms with E-state index in [2.05, 4.69) is 5.32 Å². The molecular weight excluding hydrogens is 245 g/mol. The van der Waals surface area contributed by atoms with Crippen LogP contribution in [-0.4, -0.2) is 23.2 Å². The lowest BCUT2D eigenvalue weighted by molar-refractivity contribution is 0.0368. The molecule has 0 aromatic heterocycles. The van der Waals surface area contributed by atoms with Crippen molar-refractivity contribution in [2.45, 2.75) is 39.7 Å². The zero-order chi connectivity index (χ0) is 14.6. The van der Waals surface area contributed by atoms with Gasteiger partial charge in [0.25, 0.3) is 5.91 Å². The molecule has 0 heterocycles. The number of carbonyl (C=O) groups is 1. The molecule has 1 aromatic rings. The number of hydrogen-bond acceptors (Lipinski definition) is 2. The minimum atomic E-state index is -0.933. The second-order valence-electron chi connectivity index (χ2n) is 5.74. The lowest BCUT2D eigenvalue weighted by atomic mass is 9.94. The molecule has 3 nitrogen and oxygen atoms in total. The Morgan fingerprint density at radius 3 is 2.63 bits per heavy atom. The van der Waals surface area contributed by atoms with Gasteiger partial charge in [-0.3, -0.25) is 4.79 Å². The number of carbonyl (C=O) groups excluding carboxylic acids is 1. The Labute approximate surface area is 113 Å². The van der Waals surface area contributed by atoms with Crippen molar-refractivity contribution < 1.29 is 14.3 Å². The standard InChI is InChI=1S/C15H22FNO2/c1-10(2)8-15(4,19)9-17-14(18)13-6-5-12(16)7-11(13)3/h5-7,10,19H,8-9H2,1-4H3,(H,17,18). The molecule has 1 amide bonds. The van der Waals surface area contributed by atoms with Crippen LogP contribution in [-0.2, 0) is 0 Å². The second kappa shape index (κ2) is 6.15. The monoisotopic (exact) mass is 267 g/mol. The van der Waals surface area contributed by atoms with Crippen LogP contribution in [0.5, 0.6) is 0 Å². The van der Waals surface area contributed by atoms with Crippen LogP contribution in [0.25, 0.3) is 0 Å². The highest BCUT2D eigenvalue weighted by Gasteiger charge is 2.23. The van der Waals surface area contributed by atoms with E-state index in [4.69, 9.17) is 0 Å². The number of halogens is 1. The lowest BCUT2D eigenvalue weighted by Gasteiger charge is -2.25. The molecule has 0 saturated heterocycles. The summed E-state index contributed by atoms with van der Waals surface area (Å²) in [4.78, 5) is 12.0. The van der Waals surface area contributed by atoms with E-state index in [-0.39, 0.29) is 18.3 Å².